The van der Waals surface area contributed by atoms with Gasteiger partial charge in [-0.25, -0.2) is 0 Å². The highest BCUT2D eigenvalue weighted by Gasteiger charge is 1.81. The zero-order valence-electron chi connectivity index (χ0n) is 7.76. The Morgan fingerprint density at radius 3 is 2.36 bits per heavy atom. The Balaban J connectivity index is 0. The van der Waals surface area contributed by atoms with Crippen molar-refractivity contribution in [3.8, 4) is 0 Å². The molecule has 0 bridgehead atoms. The second-order valence-electron chi connectivity index (χ2n) is 1.69. The van der Waals surface area contributed by atoms with Gasteiger partial charge in [-0.2, -0.15) is 0 Å². The van der Waals surface area contributed by atoms with Crippen molar-refractivity contribution >= 4 is 0 Å². The molecule has 0 fully saturated rings. The minimum absolute atomic E-state index is 0.588. The quantitative estimate of drug-likeness (QED) is 0.566. The molecule has 1 nitrogen and oxygen atoms in total. The van der Waals surface area contributed by atoms with Crippen LogP contribution < -0.4 is 0 Å². The normalized spacial score (nSPS) is 8.64. The maximum atomic E-state index is 4.82. The molecule has 11 heavy (non-hydrogen) atoms. The van der Waals surface area contributed by atoms with Crippen molar-refractivity contribution in [3.63, 3.8) is 0 Å². The lowest BCUT2D eigenvalue weighted by molar-refractivity contribution is 0.228. The molecule has 0 aliphatic heterocycles. The molecular weight excluding hydrogens is 136 g/mol. The highest BCUT2D eigenvalue weighted by molar-refractivity contribution is 5.18. The van der Waals surface area contributed by atoms with Crippen LogP contribution in [0.1, 0.15) is 13.8 Å². The van der Waals surface area contributed by atoms with Gasteiger partial charge in [0.05, 0.1) is 6.61 Å². The first-order valence-electron chi connectivity index (χ1n) is 3.77. The first-order valence-corrected chi connectivity index (χ1v) is 3.77. The van der Waals surface area contributed by atoms with Gasteiger partial charge in [0, 0.05) is 7.11 Å². The van der Waals surface area contributed by atoms with E-state index < -0.39 is 0 Å². The maximum absolute atomic E-state index is 4.82. The topological polar surface area (TPSA) is 9.23 Å². The number of rotatable bonds is 4. The highest BCUT2D eigenvalue weighted by atomic mass is 16.5. The van der Waals surface area contributed by atoms with Crippen LogP contribution in [0.25, 0.3) is 0 Å². The zero-order valence-corrected chi connectivity index (χ0v) is 7.76. The predicted molar refractivity (Wildman–Crippen MR) is 51.7 cm³/mol. The molecule has 0 aromatic heterocycles. The van der Waals surface area contributed by atoms with E-state index >= 15 is 0 Å². The van der Waals surface area contributed by atoms with E-state index in [0.717, 1.165) is 5.57 Å². The van der Waals surface area contributed by atoms with E-state index in [1.54, 1.807) is 13.2 Å². The van der Waals surface area contributed by atoms with Crippen molar-refractivity contribution in [2.75, 3.05) is 13.7 Å². The van der Waals surface area contributed by atoms with Gasteiger partial charge in [0.1, 0.15) is 0 Å². The summed E-state index contributed by atoms with van der Waals surface area (Å²) in [6.45, 7) is 11.8. The Hall–Kier alpha value is -0.820. The first kappa shape index (κ1) is 12.8. The van der Waals surface area contributed by atoms with Gasteiger partial charge in [-0.15, -0.1) is 0 Å². The van der Waals surface area contributed by atoms with Crippen LogP contribution >= 0.6 is 0 Å². The highest BCUT2D eigenvalue weighted by Crippen LogP contribution is 1.91. The number of methoxy groups -OCH3 is 1. The summed E-state index contributed by atoms with van der Waals surface area (Å²) in [6.07, 6.45) is 5.42. The van der Waals surface area contributed by atoms with Crippen LogP contribution in [-0.2, 0) is 4.74 Å². The SMILES string of the molecule is C=C/C=C\C(=C)COC.CC. The van der Waals surface area contributed by atoms with Crippen LogP contribution in [0.5, 0.6) is 0 Å². The van der Waals surface area contributed by atoms with Gasteiger partial charge in [0.2, 0.25) is 0 Å². The maximum Gasteiger partial charge on any atom is 0.0707 e. The van der Waals surface area contributed by atoms with Gasteiger partial charge in [0.25, 0.3) is 0 Å². The molecule has 0 aromatic rings. The van der Waals surface area contributed by atoms with Crippen LogP contribution in [0.4, 0.5) is 0 Å². The minimum atomic E-state index is 0.588. The van der Waals surface area contributed by atoms with Crippen LogP contribution in [0.3, 0.4) is 0 Å². The van der Waals surface area contributed by atoms with Crippen molar-refractivity contribution in [2.24, 2.45) is 0 Å². The third-order valence-corrected chi connectivity index (χ3v) is 0.798. The average Bonchev–Trinajstić information content (AvgIpc) is 2.05. The molecule has 0 radical (unpaired) electrons. The van der Waals surface area contributed by atoms with E-state index in [9.17, 15) is 0 Å². The Labute approximate surface area is 70.1 Å². The van der Waals surface area contributed by atoms with Gasteiger partial charge in [-0.1, -0.05) is 45.2 Å². The zero-order chi connectivity index (χ0) is 9.11. The van der Waals surface area contributed by atoms with Gasteiger partial charge in [-0.3, -0.25) is 0 Å². The predicted octanol–water partition coefficient (Wildman–Crippen LogP) is 2.96. The van der Waals surface area contributed by atoms with Crippen molar-refractivity contribution in [2.45, 2.75) is 13.8 Å². The summed E-state index contributed by atoms with van der Waals surface area (Å²) >= 11 is 0. The molecule has 0 aliphatic carbocycles. The molecule has 0 spiro atoms. The number of hydrogen-bond donors (Lipinski definition) is 0. The lowest BCUT2D eigenvalue weighted by atomic mass is 10.3. The molecular formula is C10H18O. The van der Waals surface area contributed by atoms with Crippen LogP contribution in [0, 0.1) is 0 Å². The Morgan fingerprint density at radius 2 is 2.00 bits per heavy atom. The summed E-state index contributed by atoms with van der Waals surface area (Å²) in [7, 11) is 1.65. The summed E-state index contributed by atoms with van der Waals surface area (Å²) in [5.41, 5.74) is 0.956. The van der Waals surface area contributed by atoms with E-state index in [1.807, 2.05) is 26.0 Å². The largest absolute Gasteiger partial charge is 0.380 e. The van der Waals surface area contributed by atoms with Gasteiger partial charge in [0.15, 0.2) is 0 Å². The van der Waals surface area contributed by atoms with Gasteiger partial charge < -0.3 is 4.74 Å². The fraction of sp³-hybridized carbons (Fsp3) is 0.400. The summed E-state index contributed by atoms with van der Waals surface area (Å²) in [5, 5.41) is 0. The summed E-state index contributed by atoms with van der Waals surface area (Å²) in [5.74, 6) is 0. The summed E-state index contributed by atoms with van der Waals surface area (Å²) < 4.78 is 4.82. The monoisotopic (exact) mass is 154 g/mol. The van der Waals surface area contributed by atoms with E-state index in [1.165, 1.54) is 0 Å². The Kier molecular flexibility index (Phi) is 13.9. The molecule has 0 amide bonds. The lowest BCUT2D eigenvalue weighted by Gasteiger charge is -1.93. The summed E-state index contributed by atoms with van der Waals surface area (Å²) in [4.78, 5) is 0. The Morgan fingerprint density at radius 1 is 1.45 bits per heavy atom. The first-order chi connectivity index (χ1) is 5.31. The average molecular weight is 154 g/mol. The molecule has 64 valence electrons. The molecule has 0 atom stereocenters. The van der Waals surface area contributed by atoms with Gasteiger partial charge >= 0.3 is 0 Å². The fourth-order valence-electron chi connectivity index (χ4n) is 0.438. The van der Waals surface area contributed by atoms with Gasteiger partial charge in [-0.05, 0) is 5.57 Å². The van der Waals surface area contributed by atoms with Crippen molar-refractivity contribution in [1.82, 2.24) is 0 Å². The van der Waals surface area contributed by atoms with Crippen molar-refractivity contribution < 1.29 is 4.74 Å². The second-order valence-corrected chi connectivity index (χ2v) is 1.69. The van der Waals surface area contributed by atoms with Crippen LogP contribution in [0.2, 0.25) is 0 Å². The molecule has 0 saturated carbocycles. The number of hydrogen-bond acceptors (Lipinski definition) is 1. The fourth-order valence-corrected chi connectivity index (χ4v) is 0.438. The number of allylic oxidation sites excluding steroid dienone is 2. The molecule has 0 heterocycles. The minimum Gasteiger partial charge on any atom is -0.380 e. The third kappa shape index (κ3) is 12.4. The second kappa shape index (κ2) is 11.9. The van der Waals surface area contributed by atoms with Crippen LogP contribution in [-0.4, -0.2) is 13.7 Å². The lowest BCUT2D eigenvalue weighted by Crippen LogP contribution is -1.87. The smallest absolute Gasteiger partial charge is 0.0707 e. The molecule has 0 unspecified atom stereocenters. The van der Waals surface area contributed by atoms with Crippen LogP contribution in [0.15, 0.2) is 37.0 Å². The van der Waals surface area contributed by atoms with E-state index in [2.05, 4.69) is 13.2 Å². The molecule has 0 saturated heterocycles. The van der Waals surface area contributed by atoms with E-state index in [-0.39, 0.29) is 0 Å². The van der Waals surface area contributed by atoms with E-state index in [0.29, 0.717) is 6.61 Å². The van der Waals surface area contributed by atoms with Crippen molar-refractivity contribution in [3.05, 3.63) is 37.0 Å². The van der Waals surface area contributed by atoms with Crippen molar-refractivity contribution in [1.29, 1.82) is 0 Å². The molecule has 0 aliphatic rings. The number of ether oxygens (including phenoxy) is 1. The van der Waals surface area contributed by atoms with E-state index in [4.69, 9.17) is 4.74 Å². The summed E-state index contributed by atoms with van der Waals surface area (Å²) in [6, 6.07) is 0. The Bertz CT molecular complexity index is 123. The molecule has 0 rings (SSSR count). The molecule has 0 aromatic carbocycles. The molecule has 1 heteroatoms. The molecule has 0 N–H and O–H groups in total. The third-order valence-electron chi connectivity index (χ3n) is 0.798. The standard InChI is InChI=1S/C8H12O.C2H6/c1-4-5-6-8(2)7-9-3;1-2/h4-6H,1-2,7H2,3H3;1-2H3/b6-5-;.